The minimum Gasteiger partial charge on any atom is -0.382 e. The third-order valence-electron chi connectivity index (χ3n) is 2.99. The summed E-state index contributed by atoms with van der Waals surface area (Å²) in [4.78, 5) is 4.34. The lowest BCUT2D eigenvalue weighted by atomic mass is 10.1. The van der Waals surface area contributed by atoms with Gasteiger partial charge in [0.1, 0.15) is 0 Å². The van der Waals surface area contributed by atoms with Gasteiger partial charge in [-0.25, -0.2) is 4.98 Å². The number of hydrogen-bond donors (Lipinski definition) is 2. The first-order chi connectivity index (χ1) is 8.16. The van der Waals surface area contributed by atoms with Gasteiger partial charge in [0, 0.05) is 18.3 Å². The molecule has 17 heavy (non-hydrogen) atoms. The zero-order valence-corrected chi connectivity index (χ0v) is 9.73. The molecule has 2 aromatic heterocycles. The molecule has 0 aliphatic carbocycles. The summed E-state index contributed by atoms with van der Waals surface area (Å²) in [5.74, 6) is 0.526. The highest BCUT2D eigenvalue weighted by molar-refractivity contribution is 5.85. The first-order valence-corrected chi connectivity index (χ1v) is 5.38. The number of nitrogens with zero attached hydrogens (tertiary/aromatic N) is 3. The Morgan fingerprint density at radius 3 is 2.88 bits per heavy atom. The first kappa shape index (κ1) is 9.89. The van der Waals surface area contributed by atoms with Crippen molar-refractivity contribution in [2.75, 3.05) is 5.73 Å². The highest BCUT2D eigenvalue weighted by Gasteiger charge is 2.11. The van der Waals surface area contributed by atoms with Crippen LogP contribution in [-0.2, 0) is 7.05 Å². The number of benzene rings is 1. The third-order valence-corrected chi connectivity index (χ3v) is 2.99. The van der Waals surface area contributed by atoms with Gasteiger partial charge >= 0.3 is 0 Å². The Labute approximate surface area is 98.3 Å². The van der Waals surface area contributed by atoms with Crippen molar-refractivity contribution in [3.05, 3.63) is 30.2 Å². The molecule has 5 heteroatoms. The van der Waals surface area contributed by atoms with Gasteiger partial charge in [-0.05, 0) is 24.6 Å². The Hall–Kier alpha value is -2.30. The Balaban J connectivity index is 2.25. The van der Waals surface area contributed by atoms with E-state index in [1.165, 1.54) is 0 Å². The summed E-state index contributed by atoms with van der Waals surface area (Å²) >= 11 is 0. The fourth-order valence-electron chi connectivity index (χ4n) is 2.10. The second kappa shape index (κ2) is 3.35. The molecule has 0 fully saturated rings. The van der Waals surface area contributed by atoms with Gasteiger partial charge in [0.05, 0.1) is 17.4 Å². The molecular formula is C12H13N5. The lowest BCUT2D eigenvalue weighted by Gasteiger charge is -2.02. The number of anilines is 1. The van der Waals surface area contributed by atoms with E-state index in [9.17, 15) is 0 Å². The average molecular weight is 227 g/mol. The lowest BCUT2D eigenvalue weighted by molar-refractivity contribution is 0.948. The van der Waals surface area contributed by atoms with E-state index in [1.54, 1.807) is 6.33 Å². The number of nitrogen functional groups attached to an aromatic ring is 1. The number of hydrogen-bond acceptors (Lipinski definition) is 3. The molecule has 0 amide bonds. The van der Waals surface area contributed by atoms with Crippen LogP contribution in [0.2, 0.25) is 0 Å². The number of aromatic amines is 1. The van der Waals surface area contributed by atoms with Crippen molar-refractivity contribution < 1.29 is 0 Å². The highest BCUT2D eigenvalue weighted by atomic mass is 15.2. The van der Waals surface area contributed by atoms with Crippen LogP contribution in [0.1, 0.15) is 5.69 Å². The largest absolute Gasteiger partial charge is 0.382 e. The maximum Gasteiger partial charge on any atom is 0.153 e. The van der Waals surface area contributed by atoms with Gasteiger partial charge in [-0.1, -0.05) is 6.07 Å². The number of H-pyrrole nitrogens is 1. The Kier molecular flexibility index (Phi) is 1.95. The highest BCUT2D eigenvalue weighted by Crippen LogP contribution is 2.29. The van der Waals surface area contributed by atoms with Crippen molar-refractivity contribution in [2.45, 2.75) is 6.92 Å². The summed E-state index contributed by atoms with van der Waals surface area (Å²) in [6, 6.07) is 6.12. The molecule has 0 spiro atoms. The van der Waals surface area contributed by atoms with E-state index in [1.807, 2.05) is 36.7 Å². The maximum absolute atomic E-state index is 5.85. The van der Waals surface area contributed by atoms with Gasteiger partial charge in [-0.2, -0.15) is 5.10 Å². The van der Waals surface area contributed by atoms with Crippen LogP contribution in [0.25, 0.3) is 22.2 Å². The second-order valence-electron chi connectivity index (χ2n) is 4.17. The second-order valence-corrected chi connectivity index (χ2v) is 4.17. The van der Waals surface area contributed by atoms with Crippen molar-refractivity contribution in [2.24, 2.45) is 7.05 Å². The van der Waals surface area contributed by atoms with Gasteiger partial charge < -0.3 is 10.3 Å². The van der Waals surface area contributed by atoms with Gasteiger partial charge in [0.15, 0.2) is 5.82 Å². The van der Waals surface area contributed by atoms with Crippen LogP contribution >= 0.6 is 0 Å². The van der Waals surface area contributed by atoms with Gasteiger partial charge in [0.25, 0.3) is 0 Å². The smallest absolute Gasteiger partial charge is 0.153 e. The molecule has 2 heterocycles. The molecule has 0 bridgehead atoms. The van der Waals surface area contributed by atoms with Gasteiger partial charge in [-0.15, -0.1) is 0 Å². The lowest BCUT2D eigenvalue weighted by Crippen LogP contribution is -1.89. The molecular weight excluding hydrogens is 214 g/mol. The van der Waals surface area contributed by atoms with E-state index in [-0.39, 0.29) is 0 Å². The number of aryl methyl sites for hydroxylation is 2. The normalized spacial score (nSPS) is 11.2. The maximum atomic E-state index is 5.85. The van der Waals surface area contributed by atoms with E-state index < -0.39 is 0 Å². The summed E-state index contributed by atoms with van der Waals surface area (Å²) in [6.45, 7) is 1.96. The fraction of sp³-hybridized carbons (Fsp3) is 0.167. The Morgan fingerprint density at radius 2 is 2.18 bits per heavy atom. The third kappa shape index (κ3) is 1.39. The molecule has 1 aromatic carbocycles. The summed E-state index contributed by atoms with van der Waals surface area (Å²) in [7, 11) is 1.98. The van der Waals surface area contributed by atoms with Crippen molar-refractivity contribution in [3.63, 3.8) is 0 Å². The van der Waals surface area contributed by atoms with E-state index in [4.69, 9.17) is 5.73 Å². The van der Waals surface area contributed by atoms with Crippen LogP contribution < -0.4 is 5.73 Å². The number of nitrogens with one attached hydrogen (secondary N) is 1. The van der Waals surface area contributed by atoms with Crippen molar-refractivity contribution in [3.8, 4) is 11.1 Å². The van der Waals surface area contributed by atoms with Crippen LogP contribution in [0.15, 0.2) is 24.5 Å². The predicted octanol–water partition coefficient (Wildman–Crippen LogP) is 1.85. The molecule has 86 valence electrons. The average Bonchev–Trinajstić information content (AvgIpc) is 2.83. The summed E-state index contributed by atoms with van der Waals surface area (Å²) in [5.41, 5.74) is 10.9. The molecule has 0 saturated heterocycles. The predicted molar refractivity (Wildman–Crippen MR) is 67.4 cm³/mol. The minimum atomic E-state index is 0.526. The molecule has 3 aromatic rings. The molecule has 0 atom stereocenters. The Morgan fingerprint density at radius 1 is 1.35 bits per heavy atom. The summed E-state index contributed by atoms with van der Waals surface area (Å²) in [6.07, 6.45) is 1.81. The van der Waals surface area contributed by atoms with Crippen LogP contribution in [-0.4, -0.2) is 19.7 Å². The number of rotatable bonds is 1. The van der Waals surface area contributed by atoms with Gasteiger partial charge in [-0.3, -0.25) is 5.10 Å². The quantitative estimate of drug-likeness (QED) is 0.666. The summed E-state index contributed by atoms with van der Waals surface area (Å²) < 4.78 is 1.99. The van der Waals surface area contributed by atoms with Crippen molar-refractivity contribution >= 4 is 16.9 Å². The SMILES string of the molecule is Cc1[nH]nc(N)c1-c1ccc2c(c1)ncn2C. The fourth-order valence-corrected chi connectivity index (χ4v) is 2.10. The molecule has 0 aliphatic rings. The minimum absolute atomic E-state index is 0.526. The van der Waals surface area contributed by atoms with Crippen molar-refractivity contribution in [1.82, 2.24) is 19.7 Å². The molecule has 0 aliphatic heterocycles. The van der Waals surface area contributed by atoms with E-state index in [2.05, 4.69) is 15.2 Å². The summed E-state index contributed by atoms with van der Waals surface area (Å²) in [5, 5.41) is 6.89. The van der Waals surface area contributed by atoms with E-state index in [0.29, 0.717) is 5.82 Å². The molecule has 3 rings (SSSR count). The van der Waals surface area contributed by atoms with Crippen LogP contribution in [0.4, 0.5) is 5.82 Å². The number of nitrogens with two attached hydrogens (primary N) is 1. The number of aromatic nitrogens is 4. The van der Waals surface area contributed by atoms with Crippen LogP contribution in [0, 0.1) is 6.92 Å². The zero-order valence-electron chi connectivity index (χ0n) is 9.73. The number of fused-ring (bicyclic) bond motifs is 1. The van der Waals surface area contributed by atoms with Crippen LogP contribution in [0.5, 0.6) is 0 Å². The van der Waals surface area contributed by atoms with Gasteiger partial charge in [0.2, 0.25) is 0 Å². The van der Waals surface area contributed by atoms with E-state index in [0.717, 1.165) is 27.9 Å². The zero-order chi connectivity index (χ0) is 12.0. The molecule has 0 unspecified atom stereocenters. The van der Waals surface area contributed by atoms with Crippen molar-refractivity contribution in [1.29, 1.82) is 0 Å². The molecule has 3 N–H and O–H groups in total. The van der Waals surface area contributed by atoms with Crippen LogP contribution in [0.3, 0.4) is 0 Å². The first-order valence-electron chi connectivity index (χ1n) is 5.38. The molecule has 0 saturated carbocycles. The topological polar surface area (TPSA) is 72.5 Å². The monoisotopic (exact) mass is 227 g/mol. The molecule has 0 radical (unpaired) electrons. The number of imidazole rings is 1. The Bertz CT molecular complexity index is 673. The van der Waals surface area contributed by atoms with E-state index >= 15 is 0 Å². The molecule has 5 nitrogen and oxygen atoms in total. The standard InChI is InChI=1S/C12H13N5/c1-7-11(12(13)16-15-7)8-3-4-10-9(5-8)14-6-17(10)2/h3-6H,1-2H3,(H3,13,15,16).